The SMILES string of the molecule is [N-]=[N+]=NC(C(=O)[C@@H]1CC2CC2C[C@H]1C(=O)O)c1ccc(Br)cc1. The Morgan fingerprint density at radius 2 is 1.78 bits per heavy atom. The summed E-state index contributed by atoms with van der Waals surface area (Å²) in [6.07, 6.45) is 2.16. The highest BCUT2D eigenvalue weighted by Gasteiger charge is 2.51. The standard InChI is InChI=1S/C16H16BrN3O3/c17-11-3-1-8(2-4-11)14(19-20-18)15(21)12-6-9-5-10(9)7-13(12)16(22)23/h1-4,9-10,12-14H,5-7H2,(H,22,23)/t9?,10?,12-,13-,14?/m1/s1. The highest BCUT2D eigenvalue weighted by Crippen LogP contribution is 2.54. The Bertz CT molecular complexity index is 684. The topological polar surface area (TPSA) is 103 Å². The van der Waals surface area contributed by atoms with E-state index in [0.717, 1.165) is 10.9 Å². The summed E-state index contributed by atoms with van der Waals surface area (Å²) in [5.74, 6) is -1.54. The molecule has 2 saturated carbocycles. The van der Waals surface area contributed by atoms with Gasteiger partial charge in [-0.2, -0.15) is 0 Å². The lowest BCUT2D eigenvalue weighted by Gasteiger charge is -2.29. The molecule has 3 unspecified atom stereocenters. The molecule has 1 N–H and O–H groups in total. The Hall–Kier alpha value is -1.85. The summed E-state index contributed by atoms with van der Waals surface area (Å²) < 4.78 is 0.857. The van der Waals surface area contributed by atoms with Crippen molar-refractivity contribution in [3.05, 3.63) is 44.7 Å². The molecule has 6 nitrogen and oxygen atoms in total. The number of carboxylic acids is 1. The number of azide groups is 1. The van der Waals surface area contributed by atoms with Crippen LogP contribution < -0.4 is 0 Å². The molecule has 0 saturated heterocycles. The quantitative estimate of drug-likeness (QED) is 0.474. The van der Waals surface area contributed by atoms with Crippen LogP contribution in [0.5, 0.6) is 0 Å². The fourth-order valence-electron chi connectivity index (χ4n) is 3.64. The average Bonchev–Trinajstić information content (AvgIpc) is 3.30. The van der Waals surface area contributed by atoms with E-state index in [4.69, 9.17) is 5.53 Å². The molecule has 7 heteroatoms. The van der Waals surface area contributed by atoms with Crippen LogP contribution in [0.3, 0.4) is 0 Å². The van der Waals surface area contributed by atoms with Gasteiger partial charge in [-0.15, -0.1) is 0 Å². The van der Waals surface area contributed by atoms with Crippen LogP contribution in [-0.4, -0.2) is 16.9 Å². The van der Waals surface area contributed by atoms with E-state index < -0.39 is 23.8 Å². The zero-order chi connectivity index (χ0) is 16.6. The van der Waals surface area contributed by atoms with Gasteiger partial charge in [-0.3, -0.25) is 9.59 Å². The molecule has 3 rings (SSSR count). The van der Waals surface area contributed by atoms with E-state index in [-0.39, 0.29) is 5.78 Å². The summed E-state index contributed by atoms with van der Waals surface area (Å²) in [7, 11) is 0. The normalized spacial score (nSPS) is 29.8. The number of aliphatic carboxylic acids is 1. The molecule has 0 spiro atoms. The van der Waals surface area contributed by atoms with Gasteiger partial charge in [-0.1, -0.05) is 33.2 Å². The number of hydrogen-bond donors (Lipinski definition) is 1. The van der Waals surface area contributed by atoms with E-state index >= 15 is 0 Å². The second kappa shape index (κ2) is 6.34. The molecule has 5 atom stereocenters. The first-order valence-electron chi connectivity index (χ1n) is 7.57. The fourth-order valence-corrected chi connectivity index (χ4v) is 3.91. The first-order chi connectivity index (χ1) is 11.0. The summed E-state index contributed by atoms with van der Waals surface area (Å²) in [5.41, 5.74) is 9.41. The molecule has 1 aromatic carbocycles. The van der Waals surface area contributed by atoms with Gasteiger partial charge in [0.05, 0.1) is 5.92 Å². The van der Waals surface area contributed by atoms with Gasteiger partial charge in [0.1, 0.15) is 11.8 Å². The Morgan fingerprint density at radius 3 is 2.35 bits per heavy atom. The Kier molecular flexibility index (Phi) is 4.41. The van der Waals surface area contributed by atoms with Crippen molar-refractivity contribution in [1.29, 1.82) is 0 Å². The molecule has 2 aliphatic rings. The van der Waals surface area contributed by atoms with Gasteiger partial charge in [-0.05, 0) is 54.3 Å². The van der Waals surface area contributed by atoms with Gasteiger partial charge in [0.15, 0.2) is 0 Å². The monoisotopic (exact) mass is 377 g/mol. The number of carbonyl (C=O) groups excluding carboxylic acids is 1. The number of fused-ring (bicyclic) bond motifs is 1. The Balaban J connectivity index is 1.89. The predicted octanol–water partition coefficient (Wildman–Crippen LogP) is 4.12. The minimum atomic E-state index is -0.963. The second-order valence-corrected chi connectivity index (χ2v) is 7.26. The van der Waals surface area contributed by atoms with Crippen LogP contribution in [-0.2, 0) is 9.59 Å². The first kappa shape index (κ1) is 16.0. The first-order valence-corrected chi connectivity index (χ1v) is 8.36. The molecule has 2 aliphatic carbocycles. The summed E-state index contributed by atoms with van der Waals surface area (Å²) in [4.78, 5) is 27.2. The van der Waals surface area contributed by atoms with Gasteiger partial charge < -0.3 is 5.11 Å². The third-order valence-electron chi connectivity index (χ3n) is 4.97. The van der Waals surface area contributed by atoms with Crippen LogP contribution in [0.2, 0.25) is 0 Å². The van der Waals surface area contributed by atoms with E-state index in [1.165, 1.54) is 0 Å². The summed E-state index contributed by atoms with van der Waals surface area (Å²) >= 11 is 3.32. The molecular weight excluding hydrogens is 362 g/mol. The number of carbonyl (C=O) groups is 2. The lowest BCUT2D eigenvalue weighted by Crippen LogP contribution is -2.35. The van der Waals surface area contributed by atoms with Crippen LogP contribution in [0, 0.1) is 23.7 Å². The highest BCUT2D eigenvalue weighted by atomic mass is 79.9. The third-order valence-corrected chi connectivity index (χ3v) is 5.50. The molecule has 120 valence electrons. The minimum absolute atomic E-state index is 0.275. The van der Waals surface area contributed by atoms with E-state index in [1.54, 1.807) is 24.3 Å². The van der Waals surface area contributed by atoms with Crippen molar-refractivity contribution in [1.82, 2.24) is 0 Å². The maximum atomic E-state index is 12.9. The van der Waals surface area contributed by atoms with E-state index in [1.807, 2.05) is 0 Å². The lowest BCUT2D eigenvalue weighted by atomic mass is 9.74. The van der Waals surface area contributed by atoms with Crippen molar-refractivity contribution in [2.45, 2.75) is 25.3 Å². The zero-order valence-electron chi connectivity index (χ0n) is 12.3. The minimum Gasteiger partial charge on any atom is -0.481 e. The smallest absolute Gasteiger partial charge is 0.307 e. The maximum absolute atomic E-state index is 12.9. The van der Waals surface area contributed by atoms with Gasteiger partial charge in [0.25, 0.3) is 0 Å². The number of ketones is 1. The molecule has 0 aliphatic heterocycles. The second-order valence-electron chi connectivity index (χ2n) is 6.34. The van der Waals surface area contributed by atoms with Crippen LogP contribution in [0.4, 0.5) is 0 Å². The van der Waals surface area contributed by atoms with E-state index in [9.17, 15) is 14.7 Å². The number of hydrogen-bond acceptors (Lipinski definition) is 3. The third kappa shape index (κ3) is 3.26. The molecule has 23 heavy (non-hydrogen) atoms. The van der Waals surface area contributed by atoms with Gasteiger partial charge >= 0.3 is 5.97 Å². The van der Waals surface area contributed by atoms with Crippen LogP contribution in [0.1, 0.15) is 30.9 Å². The summed E-state index contributed by atoms with van der Waals surface area (Å²) in [6.45, 7) is 0. The largest absolute Gasteiger partial charge is 0.481 e. The molecule has 0 bridgehead atoms. The molecule has 0 amide bonds. The van der Waals surface area contributed by atoms with E-state index in [2.05, 4.69) is 26.0 Å². The average molecular weight is 378 g/mol. The Morgan fingerprint density at radius 1 is 1.17 bits per heavy atom. The molecule has 1 aromatic rings. The molecule has 0 heterocycles. The molecular formula is C16H16BrN3O3. The number of rotatable bonds is 5. The van der Waals surface area contributed by atoms with Crippen molar-refractivity contribution < 1.29 is 14.7 Å². The molecule has 0 radical (unpaired) electrons. The molecule has 0 aromatic heterocycles. The van der Waals surface area contributed by atoms with Gasteiger partial charge in [-0.25, -0.2) is 0 Å². The number of carboxylic acid groups (broad SMARTS) is 1. The fraction of sp³-hybridized carbons (Fsp3) is 0.500. The number of halogens is 1. The van der Waals surface area contributed by atoms with Crippen molar-refractivity contribution in [3.8, 4) is 0 Å². The highest BCUT2D eigenvalue weighted by molar-refractivity contribution is 9.10. The summed E-state index contributed by atoms with van der Waals surface area (Å²) in [5, 5.41) is 13.1. The van der Waals surface area contributed by atoms with Crippen molar-refractivity contribution in [2.24, 2.45) is 28.8 Å². The van der Waals surface area contributed by atoms with Crippen molar-refractivity contribution >= 4 is 27.7 Å². The number of nitrogens with zero attached hydrogens (tertiary/aromatic N) is 3. The van der Waals surface area contributed by atoms with Crippen LogP contribution >= 0.6 is 15.9 Å². The van der Waals surface area contributed by atoms with Gasteiger partial charge in [0.2, 0.25) is 0 Å². The van der Waals surface area contributed by atoms with Crippen LogP contribution in [0.25, 0.3) is 10.4 Å². The zero-order valence-corrected chi connectivity index (χ0v) is 13.9. The van der Waals surface area contributed by atoms with Crippen molar-refractivity contribution in [2.75, 3.05) is 0 Å². The number of Topliss-reactive ketones (excluding diaryl/α,β-unsaturated/α-hetero) is 1. The Labute approximate surface area is 141 Å². The number of benzene rings is 1. The van der Waals surface area contributed by atoms with Crippen LogP contribution in [0.15, 0.2) is 33.9 Å². The summed E-state index contributed by atoms with van der Waals surface area (Å²) in [6, 6.07) is 6.03. The van der Waals surface area contributed by atoms with Crippen molar-refractivity contribution in [3.63, 3.8) is 0 Å². The lowest BCUT2D eigenvalue weighted by molar-refractivity contribution is -0.148. The maximum Gasteiger partial charge on any atom is 0.307 e. The van der Waals surface area contributed by atoms with E-state index in [0.29, 0.717) is 30.2 Å². The van der Waals surface area contributed by atoms with Gasteiger partial charge in [0, 0.05) is 15.3 Å². The predicted molar refractivity (Wildman–Crippen MR) is 86.5 cm³/mol. The molecule has 2 fully saturated rings.